The molecule has 0 saturated heterocycles. The molecule has 1 saturated carbocycles. The maximum absolute atomic E-state index is 12.5. The maximum Gasteiger partial charge on any atom is 0.321 e. The highest BCUT2D eigenvalue weighted by Crippen LogP contribution is 2.24. The van der Waals surface area contributed by atoms with Crippen LogP contribution in [0.4, 0.5) is 8.78 Å². The Morgan fingerprint density at radius 2 is 1.79 bits per heavy atom. The summed E-state index contributed by atoms with van der Waals surface area (Å²) >= 11 is 0. The number of alkyl halides is 2. The third kappa shape index (κ3) is 3.24. The predicted octanol–water partition coefficient (Wildman–Crippen LogP) is 2.34. The zero-order chi connectivity index (χ0) is 10.8. The van der Waals surface area contributed by atoms with Crippen LogP contribution in [0.2, 0.25) is 0 Å². The third-order valence-electron chi connectivity index (χ3n) is 2.75. The highest BCUT2D eigenvalue weighted by atomic mass is 19.3. The Balaban J connectivity index is 2.35. The summed E-state index contributed by atoms with van der Waals surface area (Å²) in [5.74, 6) is -3.73. The molecule has 1 amide bonds. The first kappa shape index (κ1) is 11.4. The molecule has 0 aromatic carbocycles. The number of carbonyl (C=O) groups is 1. The Bertz CT molecular complexity index is 205. The summed E-state index contributed by atoms with van der Waals surface area (Å²) < 4.78 is 25.1. The van der Waals surface area contributed by atoms with Gasteiger partial charge in [0.15, 0.2) is 0 Å². The smallest absolute Gasteiger partial charge is 0.321 e. The average molecular weight is 205 g/mol. The minimum Gasteiger partial charge on any atom is -0.348 e. The minimum atomic E-state index is -3.25. The normalized spacial score (nSPS) is 28.6. The number of nitrogens with one attached hydrogen (secondary N) is 1. The van der Waals surface area contributed by atoms with Gasteiger partial charge in [0.1, 0.15) is 0 Å². The molecule has 1 aliphatic rings. The number of carbonyl (C=O) groups excluding carboxylic acids is 1. The van der Waals surface area contributed by atoms with E-state index in [0.29, 0.717) is 12.8 Å². The average Bonchev–Trinajstić information content (AvgIpc) is 2.07. The largest absolute Gasteiger partial charge is 0.348 e. The number of rotatable bonds is 2. The van der Waals surface area contributed by atoms with Gasteiger partial charge in [-0.15, -0.1) is 0 Å². The van der Waals surface area contributed by atoms with Crippen LogP contribution < -0.4 is 5.32 Å². The molecular weight excluding hydrogens is 188 g/mol. The van der Waals surface area contributed by atoms with Gasteiger partial charge in [0, 0.05) is 13.0 Å². The fourth-order valence-corrected chi connectivity index (χ4v) is 1.72. The lowest BCUT2D eigenvalue weighted by atomic mass is 9.87. The van der Waals surface area contributed by atoms with Crippen LogP contribution in [0, 0.1) is 5.92 Å². The van der Waals surface area contributed by atoms with Crippen molar-refractivity contribution in [2.75, 3.05) is 0 Å². The monoisotopic (exact) mass is 205 g/mol. The van der Waals surface area contributed by atoms with Crippen molar-refractivity contribution in [3.8, 4) is 0 Å². The zero-order valence-electron chi connectivity index (χ0n) is 8.65. The third-order valence-corrected chi connectivity index (χ3v) is 2.75. The summed E-state index contributed by atoms with van der Waals surface area (Å²) in [6, 6.07) is -0.0514. The van der Waals surface area contributed by atoms with Gasteiger partial charge in [0.05, 0.1) is 0 Å². The molecule has 1 rings (SSSR count). The molecule has 2 nitrogen and oxygen atoms in total. The molecule has 0 bridgehead atoms. The van der Waals surface area contributed by atoms with Crippen molar-refractivity contribution < 1.29 is 13.6 Å². The van der Waals surface area contributed by atoms with E-state index in [1.165, 1.54) is 0 Å². The Hall–Kier alpha value is -0.670. The first-order valence-electron chi connectivity index (χ1n) is 5.08. The van der Waals surface area contributed by atoms with Crippen LogP contribution in [0.1, 0.15) is 39.5 Å². The molecular formula is C10H17F2NO. The summed E-state index contributed by atoms with van der Waals surface area (Å²) in [7, 11) is 0. The van der Waals surface area contributed by atoms with E-state index in [4.69, 9.17) is 0 Å². The van der Waals surface area contributed by atoms with E-state index in [9.17, 15) is 13.6 Å². The lowest BCUT2D eigenvalue weighted by Gasteiger charge is -2.27. The van der Waals surface area contributed by atoms with E-state index < -0.39 is 11.8 Å². The molecule has 0 spiro atoms. The van der Waals surface area contributed by atoms with Crippen molar-refractivity contribution in [3.63, 3.8) is 0 Å². The second kappa shape index (κ2) is 4.24. The second-order valence-electron chi connectivity index (χ2n) is 4.32. The van der Waals surface area contributed by atoms with Gasteiger partial charge in [0.2, 0.25) is 0 Å². The van der Waals surface area contributed by atoms with Crippen molar-refractivity contribution in [1.82, 2.24) is 5.32 Å². The van der Waals surface area contributed by atoms with Crippen molar-refractivity contribution in [2.24, 2.45) is 5.92 Å². The van der Waals surface area contributed by atoms with Crippen molar-refractivity contribution in [1.29, 1.82) is 0 Å². The van der Waals surface area contributed by atoms with Crippen molar-refractivity contribution in [3.05, 3.63) is 0 Å². The molecule has 1 N–H and O–H groups in total. The number of halogens is 2. The SMILES string of the molecule is CC1CCC(NC(=O)C(C)(F)F)CC1. The molecule has 0 aromatic heterocycles. The topological polar surface area (TPSA) is 29.1 Å². The molecule has 4 heteroatoms. The van der Waals surface area contributed by atoms with Crippen LogP contribution in [0.25, 0.3) is 0 Å². The molecule has 0 unspecified atom stereocenters. The van der Waals surface area contributed by atoms with Crippen LogP contribution in [0.5, 0.6) is 0 Å². The van der Waals surface area contributed by atoms with E-state index in [1.807, 2.05) is 0 Å². The van der Waals surface area contributed by atoms with E-state index in [2.05, 4.69) is 12.2 Å². The lowest BCUT2D eigenvalue weighted by Crippen LogP contribution is -2.44. The maximum atomic E-state index is 12.5. The Morgan fingerprint density at radius 1 is 1.29 bits per heavy atom. The number of hydrogen-bond donors (Lipinski definition) is 1. The van der Waals surface area contributed by atoms with Gasteiger partial charge in [0.25, 0.3) is 5.91 Å². The molecule has 0 heterocycles. The molecule has 0 atom stereocenters. The van der Waals surface area contributed by atoms with Crippen LogP contribution in [-0.4, -0.2) is 17.9 Å². The first-order valence-corrected chi connectivity index (χ1v) is 5.08. The summed E-state index contributed by atoms with van der Waals surface area (Å²) in [4.78, 5) is 11.0. The van der Waals surface area contributed by atoms with Gasteiger partial charge in [-0.3, -0.25) is 4.79 Å². The minimum absolute atomic E-state index is 0.0514. The molecule has 0 aromatic rings. The highest BCUT2D eigenvalue weighted by Gasteiger charge is 2.34. The first-order chi connectivity index (χ1) is 6.39. The highest BCUT2D eigenvalue weighted by molar-refractivity contribution is 5.83. The molecule has 1 aliphatic carbocycles. The molecule has 82 valence electrons. The van der Waals surface area contributed by atoms with Crippen LogP contribution in [0.3, 0.4) is 0 Å². The van der Waals surface area contributed by atoms with E-state index in [0.717, 1.165) is 25.7 Å². The Kier molecular flexibility index (Phi) is 3.45. The standard InChI is InChI=1S/C10H17F2NO/c1-7-3-5-8(6-4-7)13-9(14)10(2,11)12/h7-8H,3-6H2,1-2H3,(H,13,14). The quantitative estimate of drug-likeness (QED) is 0.736. The fraction of sp³-hybridized carbons (Fsp3) is 0.900. The summed E-state index contributed by atoms with van der Waals surface area (Å²) in [6.07, 6.45) is 3.67. The fourth-order valence-electron chi connectivity index (χ4n) is 1.72. The molecule has 1 fully saturated rings. The lowest BCUT2D eigenvalue weighted by molar-refractivity contribution is -0.144. The molecule has 0 radical (unpaired) electrons. The molecule has 14 heavy (non-hydrogen) atoms. The Labute approximate surface area is 83.1 Å². The van der Waals surface area contributed by atoms with Gasteiger partial charge in [-0.25, -0.2) is 0 Å². The van der Waals surface area contributed by atoms with Gasteiger partial charge < -0.3 is 5.32 Å². The van der Waals surface area contributed by atoms with E-state index in [1.54, 1.807) is 0 Å². The van der Waals surface area contributed by atoms with Gasteiger partial charge in [-0.05, 0) is 31.6 Å². The zero-order valence-corrected chi connectivity index (χ0v) is 8.65. The van der Waals surface area contributed by atoms with Crippen LogP contribution >= 0.6 is 0 Å². The van der Waals surface area contributed by atoms with Crippen molar-refractivity contribution in [2.45, 2.75) is 51.5 Å². The van der Waals surface area contributed by atoms with E-state index >= 15 is 0 Å². The second-order valence-corrected chi connectivity index (χ2v) is 4.32. The summed E-state index contributed by atoms with van der Waals surface area (Å²) in [5, 5.41) is 2.39. The number of hydrogen-bond acceptors (Lipinski definition) is 1. The number of amides is 1. The van der Waals surface area contributed by atoms with Gasteiger partial charge in [-0.2, -0.15) is 8.78 Å². The Morgan fingerprint density at radius 3 is 2.21 bits per heavy atom. The van der Waals surface area contributed by atoms with Gasteiger partial charge in [-0.1, -0.05) is 6.92 Å². The summed E-state index contributed by atoms with van der Waals surface area (Å²) in [6.45, 7) is 2.78. The van der Waals surface area contributed by atoms with Crippen LogP contribution in [-0.2, 0) is 4.79 Å². The molecule has 0 aliphatic heterocycles. The van der Waals surface area contributed by atoms with Crippen LogP contribution in [0.15, 0.2) is 0 Å². The predicted molar refractivity (Wildman–Crippen MR) is 50.2 cm³/mol. The summed E-state index contributed by atoms with van der Waals surface area (Å²) in [5.41, 5.74) is 0. The van der Waals surface area contributed by atoms with Gasteiger partial charge >= 0.3 is 5.92 Å². The van der Waals surface area contributed by atoms with Crippen molar-refractivity contribution >= 4 is 5.91 Å². The van der Waals surface area contributed by atoms with E-state index in [-0.39, 0.29) is 6.04 Å².